The minimum atomic E-state index is -0.418. The number of nitrogens with zero attached hydrogens (tertiary/aromatic N) is 2. The fourth-order valence-corrected chi connectivity index (χ4v) is 2.37. The van der Waals surface area contributed by atoms with Crippen LogP contribution in [-0.4, -0.2) is 59.7 Å². The molecule has 6 nitrogen and oxygen atoms in total. The molecule has 23 heavy (non-hydrogen) atoms. The lowest BCUT2D eigenvalue weighted by molar-refractivity contribution is -0.139. The third-order valence-corrected chi connectivity index (χ3v) is 3.48. The SMILES string of the molecule is CC(C)NC(=O)CN1CCN(C(=O)c2ccc(F)cc2)CC1=O. The number of carbonyl (C=O) groups excluding carboxylic acids is 3. The van der Waals surface area contributed by atoms with E-state index in [0.717, 1.165) is 0 Å². The maximum atomic E-state index is 12.9. The molecule has 1 aromatic carbocycles. The van der Waals surface area contributed by atoms with Gasteiger partial charge in [-0.3, -0.25) is 14.4 Å². The van der Waals surface area contributed by atoms with Crippen molar-refractivity contribution in [1.29, 1.82) is 0 Å². The molecule has 3 amide bonds. The summed E-state index contributed by atoms with van der Waals surface area (Å²) in [5.41, 5.74) is 0.338. The molecule has 1 saturated heterocycles. The minimum absolute atomic E-state index is 0.00437. The molecule has 124 valence electrons. The number of piperazine rings is 1. The van der Waals surface area contributed by atoms with E-state index in [1.165, 1.54) is 34.1 Å². The van der Waals surface area contributed by atoms with Crippen LogP contribution in [0.15, 0.2) is 24.3 Å². The first-order chi connectivity index (χ1) is 10.9. The fourth-order valence-electron chi connectivity index (χ4n) is 2.37. The van der Waals surface area contributed by atoms with Gasteiger partial charge in [0, 0.05) is 24.7 Å². The number of hydrogen-bond donors (Lipinski definition) is 1. The van der Waals surface area contributed by atoms with Gasteiger partial charge in [-0.1, -0.05) is 0 Å². The summed E-state index contributed by atoms with van der Waals surface area (Å²) in [4.78, 5) is 39.0. The summed E-state index contributed by atoms with van der Waals surface area (Å²) in [6, 6.07) is 5.22. The van der Waals surface area contributed by atoms with Gasteiger partial charge in [0.2, 0.25) is 11.8 Å². The molecule has 7 heteroatoms. The average Bonchev–Trinajstić information content (AvgIpc) is 2.48. The van der Waals surface area contributed by atoms with Crippen LogP contribution < -0.4 is 5.32 Å². The number of nitrogens with one attached hydrogen (secondary N) is 1. The summed E-state index contributed by atoms with van der Waals surface area (Å²) in [7, 11) is 0. The fraction of sp³-hybridized carbons (Fsp3) is 0.438. The monoisotopic (exact) mass is 321 g/mol. The molecule has 0 radical (unpaired) electrons. The highest BCUT2D eigenvalue weighted by Crippen LogP contribution is 2.10. The zero-order chi connectivity index (χ0) is 17.0. The van der Waals surface area contributed by atoms with Gasteiger partial charge in [-0.05, 0) is 38.1 Å². The van der Waals surface area contributed by atoms with Crippen molar-refractivity contribution in [2.45, 2.75) is 19.9 Å². The Morgan fingerprint density at radius 1 is 1.22 bits per heavy atom. The number of hydrogen-bond acceptors (Lipinski definition) is 3. The Labute approximate surface area is 134 Å². The van der Waals surface area contributed by atoms with Crippen molar-refractivity contribution in [3.63, 3.8) is 0 Å². The molecule has 1 heterocycles. The van der Waals surface area contributed by atoms with Gasteiger partial charge in [-0.25, -0.2) is 4.39 Å². The van der Waals surface area contributed by atoms with Crippen molar-refractivity contribution in [3.8, 4) is 0 Å². The molecule has 1 fully saturated rings. The number of halogens is 1. The Bertz CT molecular complexity index is 601. The summed E-state index contributed by atoms with van der Waals surface area (Å²) in [6.45, 7) is 4.26. The second-order valence-corrected chi connectivity index (χ2v) is 5.77. The van der Waals surface area contributed by atoms with Crippen LogP contribution in [-0.2, 0) is 9.59 Å². The van der Waals surface area contributed by atoms with E-state index in [4.69, 9.17) is 0 Å². The third-order valence-electron chi connectivity index (χ3n) is 3.48. The van der Waals surface area contributed by atoms with E-state index in [2.05, 4.69) is 5.32 Å². The molecule has 0 bridgehead atoms. The second kappa shape index (κ2) is 7.21. The zero-order valence-corrected chi connectivity index (χ0v) is 13.2. The first kappa shape index (κ1) is 16.9. The molecule has 1 aliphatic heterocycles. The van der Waals surface area contributed by atoms with E-state index in [9.17, 15) is 18.8 Å². The molecule has 0 aliphatic carbocycles. The van der Waals surface area contributed by atoms with Crippen LogP contribution in [0.3, 0.4) is 0 Å². The predicted molar refractivity (Wildman–Crippen MR) is 82.2 cm³/mol. The Kier molecular flexibility index (Phi) is 5.31. The maximum Gasteiger partial charge on any atom is 0.254 e. The molecule has 1 N–H and O–H groups in total. The van der Waals surface area contributed by atoms with Crippen molar-refractivity contribution in [2.24, 2.45) is 0 Å². The van der Waals surface area contributed by atoms with Gasteiger partial charge in [0.25, 0.3) is 5.91 Å². The normalized spacial score (nSPS) is 15.0. The highest BCUT2D eigenvalue weighted by atomic mass is 19.1. The lowest BCUT2D eigenvalue weighted by Gasteiger charge is -2.34. The molecule has 2 rings (SSSR count). The summed E-state index contributed by atoms with van der Waals surface area (Å²) in [6.07, 6.45) is 0. The first-order valence-electron chi connectivity index (χ1n) is 7.49. The van der Waals surface area contributed by atoms with E-state index in [0.29, 0.717) is 18.7 Å². The lowest BCUT2D eigenvalue weighted by Crippen LogP contribution is -2.54. The van der Waals surface area contributed by atoms with Crippen LogP contribution >= 0.6 is 0 Å². The van der Waals surface area contributed by atoms with Crippen molar-refractivity contribution in [3.05, 3.63) is 35.6 Å². The van der Waals surface area contributed by atoms with E-state index in [-0.39, 0.29) is 36.9 Å². The number of rotatable bonds is 4. The highest BCUT2D eigenvalue weighted by Gasteiger charge is 2.28. The van der Waals surface area contributed by atoms with Crippen molar-refractivity contribution in [1.82, 2.24) is 15.1 Å². The van der Waals surface area contributed by atoms with Gasteiger partial charge in [-0.15, -0.1) is 0 Å². The van der Waals surface area contributed by atoms with E-state index in [1.54, 1.807) is 0 Å². The van der Waals surface area contributed by atoms with Crippen molar-refractivity contribution in [2.75, 3.05) is 26.2 Å². The standard InChI is InChI=1S/C16H20FN3O3/c1-11(2)18-14(21)9-19-7-8-20(10-15(19)22)16(23)12-3-5-13(17)6-4-12/h3-6,11H,7-10H2,1-2H3,(H,18,21). The Morgan fingerprint density at radius 3 is 2.43 bits per heavy atom. The number of amides is 3. The maximum absolute atomic E-state index is 12.9. The van der Waals surface area contributed by atoms with Gasteiger partial charge < -0.3 is 15.1 Å². The van der Waals surface area contributed by atoms with Crippen LogP contribution in [0.4, 0.5) is 4.39 Å². The molecule has 0 saturated carbocycles. The smallest absolute Gasteiger partial charge is 0.254 e. The number of carbonyl (C=O) groups is 3. The van der Waals surface area contributed by atoms with E-state index >= 15 is 0 Å². The number of benzene rings is 1. The second-order valence-electron chi connectivity index (χ2n) is 5.77. The highest BCUT2D eigenvalue weighted by molar-refractivity contribution is 5.97. The van der Waals surface area contributed by atoms with Gasteiger partial charge >= 0.3 is 0 Å². The molecular weight excluding hydrogens is 301 g/mol. The molecule has 1 aromatic rings. The largest absolute Gasteiger partial charge is 0.352 e. The topological polar surface area (TPSA) is 69.7 Å². The summed E-state index contributed by atoms with van der Waals surface area (Å²) in [5.74, 6) is -1.22. The molecule has 0 atom stereocenters. The van der Waals surface area contributed by atoms with E-state index < -0.39 is 5.82 Å². The molecule has 1 aliphatic rings. The molecular formula is C16H20FN3O3. The lowest BCUT2D eigenvalue weighted by atomic mass is 10.1. The van der Waals surface area contributed by atoms with Crippen molar-refractivity contribution < 1.29 is 18.8 Å². The van der Waals surface area contributed by atoms with Crippen LogP contribution in [0, 0.1) is 5.82 Å². The molecule has 0 spiro atoms. The predicted octanol–water partition coefficient (Wildman–Crippen LogP) is 0.635. The van der Waals surface area contributed by atoms with Crippen LogP contribution in [0.5, 0.6) is 0 Å². The molecule has 0 unspecified atom stereocenters. The van der Waals surface area contributed by atoms with Gasteiger partial charge in [0.05, 0.1) is 6.54 Å². The van der Waals surface area contributed by atoms with Gasteiger partial charge in [0.1, 0.15) is 12.4 Å². The van der Waals surface area contributed by atoms with Crippen molar-refractivity contribution >= 4 is 17.7 Å². The van der Waals surface area contributed by atoms with Crippen LogP contribution in [0.25, 0.3) is 0 Å². The summed E-state index contributed by atoms with van der Waals surface area (Å²) >= 11 is 0. The Hall–Kier alpha value is -2.44. The quantitative estimate of drug-likeness (QED) is 0.884. The Balaban J connectivity index is 1.93. The minimum Gasteiger partial charge on any atom is -0.352 e. The Morgan fingerprint density at radius 2 is 1.87 bits per heavy atom. The summed E-state index contributed by atoms with van der Waals surface area (Å²) < 4.78 is 12.9. The van der Waals surface area contributed by atoms with E-state index in [1.807, 2.05) is 13.8 Å². The summed E-state index contributed by atoms with van der Waals surface area (Å²) in [5, 5.41) is 2.73. The van der Waals surface area contributed by atoms with Gasteiger partial charge in [-0.2, -0.15) is 0 Å². The van der Waals surface area contributed by atoms with Crippen LogP contribution in [0.1, 0.15) is 24.2 Å². The van der Waals surface area contributed by atoms with Gasteiger partial charge in [0.15, 0.2) is 0 Å². The first-order valence-corrected chi connectivity index (χ1v) is 7.49. The molecule has 0 aromatic heterocycles. The third kappa shape index (κ3) is 4.51. The zero-order valence-electron chi connectivity index (χ0n) is 13.2. The van der Waals surface area contributed by atoms with Crippen LogP contribution in [0.2, 0.25) is 0 Å². The average molecular weight is 321 g/mol.